The minimum Gasteiger partial charge on any atom is -0.370 e. The van der Waals surface area contributed by atoms with E-state index in [1.807, 2.05) is 13.0 Å². The molecule has 1 aromatic rings. The smallest absolute Gasteiger partial charge is 0.219 e. The highest BCUT2D eigenvalue weighted by atomic mass is 16.1. The van der Waals surface area contributed by atoms with Crippen molar-refractivity contribution in [3.63, 3.8) is 0 Å². The van der Waals surface area contributed by atoms with Crippen molar-refractivity contribution in [1.82, 2.24) is 9.97 Å². The Kier molecular flexibility index (Phi) is 3.96. The van der Waals surface area contributed by atoms with Crippen molar-refractivity contribution in [3.05, 3.63) is 11.9 Å². The Hall–Kier alpha value is -1.85. The highest BCUT2D eigenvalue weighted by molar-refractivity contribution is 5.74. The van der Waals surface area contributed by atoms with Gasteiger partial charge in [0.15, 0.2) is 0 Å². The number of nitrogens with zero attached hydrogens (tertiary/aromatic N) is 2. The molecule has 0 unspecified atom stereocenters. The Balaban J connectivity index is 2.04. The van der Waals surface area contributed by atoms with Crippen LogP contribution in [0.15, 0.2) is 6.07 Å². The zero-order chi connectivity index (χ0) is 13.0. The summed E-state index contributed by atoms with van der Waals surface area (Å²) in [5, 5.41) is 6.29. The van der Waals surface area contributed by atoms with E-state index in [1.165, 1.54) is 0 Å². The molecule has 4 N–H and O–H groups in total. The molecule has 6 nitrogen and oxygen atoms in total. The van der Waals surface area contributed by atoms with E-state index in [0.717, 1.165) is 36.8 Å². The largest absolute Gasteiger partial charge is 0.370 e. The molecule has 98 valence electrons. The number of nitrogens with one attached hydrogen (secondary N) is 2. The second-order valence-corrected chi connectivity index (χ2v) is 4.44. The minimum atomic E-state index is -0.314. The number of rotatable bonds is 7. The molecule has 0 aromatic carbocycles. The standard InChI is InChI=1S/C12H19N5O/c1-2-14-10-7-11(15-6-5-9(13)18)17-12(16-10)8-3-4-8/h7-8H,2-6H2,1H3,(H2,13,18)(H2,14,15,16,17). The van der Waals surface area contributed by atoms with Crippen LogP contribution in [-0.4, -0.2) is 29.0 Å². The van der Waals surface area contributed by atoms with Gasteiger partial charge in [0, 0.05) is 31.5 Å². The van der Waals surface area contributed by atoms with E-state index < -0.39 is 0 Å². The molecule has 2 rings (SSSR count). The van der Waals surface area contributed by atoms with E-state index in [2.05, 4.69) is 20.6 Å². The van der Waals surface area contributed by atoms with Crippen LogP contribution in [0.5, 0.6) is 0 Å². The first kappa shape index (κ1) is 12.6. The maximum atomic E-state index is 10.7. The summed E-state index contributed by atoms with van der Waals surface area (Å²) in [6.07, 6.45) is 2.63. The average Bonchev–Trinajstić information content (AvgIpc) is 3.12. The number of aromatic nitrogens is 2. The van der Waals surface area contributed by atoms with E-state index in [-0.39, 0.29) is 5.91 Å². The maximum Gasteiger partial charge on any atom is 0.219 e. The third kappa shape index (κ3) is 3.58. The molecule has 0 bridgehead atoms. The molecular formula is C12H19N5O. The highest BCUT2D eigenvalue weighted by Crippen LogP contribution is 2.38. The van der Waals surface area contributed by atoms with E-state index >= 15 is 0 Å². The third-order valence-corrected chi connectivity index (χ3v) is 2.72. The second kappa shape index (κ2) is 5.66. The van der Waals surface area contributed by atoms with Gasteiger partial charge in [0.25, 0.3) is 0 Å². The average molecular weight is 249 g/mol. The Morgan fingerprint density at radius 1 is 1.39 bits per heavy atom. The molecule has 0 radical (unpaired) electrons. The van der Waals surface area contributed by atoms with Gasteiger partial charge in [-0.1, -0.05) is 0 Å². The predicted octanol–water partition coefficient (Wildman–Crippen LogP) is 1.07. The van der Waals surface area contributed by atoms with Gasteiger partial charge in [-0.2, -0.15) is 0 Å². The first-order valence-corrected chi connectivity index (χ1v) is 6.34. The Bertz CT molecular complexity index is 430. The van der Waals surface area contributed by atoms with E-state index in [4.69, 9.17) is 5.73 Å². The van der Waals surface area contributed by atoms with Crippen LogP contribution in [-0.2, 0) is 4.79 Å². The third-order valence-electron chi connectivity index (χ3n) is 2.72. The number of amides is 1. The molecule has 1 aromatic heterocycles. The van der Waals surface area contributed by atoms with Crippen LogP contribution < -0.4 is 16.4 Å². The summed E-state index contributed by atoms with van der Waals surface area (Å²) in [6.45, 7) is 3.35. The summed E-state index contributed by atoms with van der Waals surface area (Å²) in [4.78, 5) is 19.6. The molecule has 0 saturated heterocycles. The number of anilines is 2. The van der Waals surface area contributed by atoms with Crippen LogP contribution in [0.4, 0.5) is 11.6 Å². The van der Waals surface area contributed by atoms with Gasteiger partial charge in [0.1, 0.15) is 17.5 Å². The van der Waals surface area contributed by atoms with Crippen LogP contribution in [0.25, 0.3) is 0 Å². The van der Waals surface area contributed by atoms with Gasteiger partial charge in [-0.05, 0) is 19.8 Å². The van der Waals surface area contributed by atoms with Crippen LogP contribution in [0.3, 0.4) is 0 Å². The Morgan fingerprint density at radius 2 is 2.06 bits per heavy atom. The fourth-order valence-electron chi connectivity index (χ4n) is 1.67. The molecule has 1 aliphatic carbocycles. The lowest BCUT2D eigenvalue weighted by Crippen LogP contribution is -2.16. The molecule has 1 heterocycles. The fraction of sp³-hybridized carbons (Fsp3) is 0.583. The first-order chi connectivity index (χ1) is 8.69. The van der Waals surface area contributed by atoms with E-state index in [0.29, 0.717) is 18.9 Å². The number of carbonyl (C=O) groups excluding carboxylic acids is 1. The van der Waals surface area contributed by atoms with Crippen molar-refractivity contribution in [2.75, 3.05) is 23.7 Å². The molecule has 0 atom stereocenters. The van der Waals surface area contributed by atoms with Gasteiger partial charge in [0.05, 0.1) is 0 Å². The number of nitrogens with two attached hydrogens (primary N) is 1. The molecule has 1 saturated carbocycles. The number of hydrogen-bond donors (Lipinski definition) is 3. The van der Waals surface area contributed by atoms with Gasteiger partial charge in [-0.15, -0.1) is 0 Å². The van der Waals surface area contributed by atoms with Crippen LogP contribution in [0.2, 0.25) is 0 Å². The summed E-state index contributed by atoms with van der Waals surface area (Å²) >= 11 is 0. The lowest BCUT2D eigenvalue weighted by molar-refractivity contribution is -0.117. The maximum absolute atomic E-state index is 10.7. The Morgan fingerprint density at radius 3 is 2.61 bits per heavy atom. The normalized spacial score (nSPS) is 14.3. The van der Waals surface area contributed by atoms with Crippen LogP contribution in [0, 0.1) is 0 Å². The highest BCUT2D eigenvalue weighted by Gasteiger charge is 2.27. The van der Waals surface area contributed by atoms with Gasteiger partial charge < -0.3 is 16.4 Å². The van der Waals surface area contributed by atoms with Crippen molar-refractivity contribution in [2.45, 2.75) is 32.1 Å². The Labute approximate surface area is 106 Å². The van der Waals surface area contributed by atoms with Crippen molar-refractivity contribution in [3.8, 4) is 0 Å². The lowest BCUT2D eigenvalue weighted by Gasteiger charge is -2.09. The van der Waals surface area contributed by atoms with Gasteiger partial charge in [0.2, 0.25) is 5.91 Å². The minimum absolute atomic E-state index is 0.305. The summed E-state index contributed by atoms with van der Waals surface area (Å²) in [7, 11) is 0. The summed E-state index contributed by atoms with van der Waals surface area (Å²) in [5.74, 6) is 2.65. The van der Waals surface area contributed by atoms with Crippen LogP contribution >= 0.6 is 0 Å². The number of primary amides is 1. The summed E-state index contributed by atoms with van der Waals surface area (Å²) < 4.78 is 0. The zero-order valence-electron chi connectivity index (χ0n) is 10.6. The molecule has 0 aliphatic heterocycles. The summed E-state index contributed by atoms with van der Waals surface area (Å²) in [6, 6.07) is 1.86. The van der Waals surface area contributed by atoms with Crippen molar-refractivity contribution < 1.29 is 4.79 Å². The summed E-state index contributed by atoms with van der Waals surface area (Å²) in [5.41, 5.74) is 5.10. The van der Waals surface area contributed by atoms with E-state index in [9.17, 15) is 4.79 Å². The number of carbonyl (C=O) groups is 1. The molecule has 0 spiro atoms. The monoisotopic (exact) mass is 249 g/mol. The van der Waals surface area contributed by atoms with Gasteiger partial charge in [-0.25, -0.2) is 9.97 Å². The molecule has 1 aliphatic rings. The topological polar surface area (TPSA) is 92.9 Å². The van der Waals surface area contributed by atoms with Gasteiger partial charge in [-0.3, -0.25) is 4.79 Å². The first-order valence-electron chi connectivity index (χ1n) is 6.34. The second-order valence-electron chi connectivity index (χ2n) is 4.44. The fourth-order valence-corrected chi connectivity index (χ4v) is 1.67. The molecule has 6 heteroatoms. The number of hydrogen-bond acceptors (Lipinski definition) is 5. The van der Waals surface area contributed by atoms with Crippen molar-refractivity contribution >= 4 is 17.5 Å². The van der Waals surface area contributed by atoms with Crippen molar-refractivity contribution in [1.29, 1.82) is 0 Å². The quantitative estimate of drug-likeness (QED) is 0.672. The van der Waals surface area contributed by atoms with Gasteiger partial charge >= 0.3 is 0 Å². The molecular weight excluding hydrogens is 230 g/mol. The SMILES string of the molecule is CCNc1cc(NCCC(N)=O)nc(C2CC2)n1. The van der Waals surface area contributed by atoms with Crippen molar-refractivity contribution in [2.24, 2.45) is 5.73 Å². The molecule has 1 amide bonds. The lowest BCUT2D eigenvalue weighted by atomic mass is 10.3. The molecule has 1 fully saturated rings. The van der Waals surface area contributed by atoms with Crippen LogP contribution in [0.1, 0.15) is 37.9 Å². The van der Waals surface area contributed by atoms with E-state index in [1.54, 1.807) is 0 Å². The zero-order valence-corrected chi connectivity index (χ0v) is 10.6. The molecule has 18 heavy (non-hydrogen) atoms. The predicted molar refractivity (Wildman–Crippen MR) is 70.5 cm³/mol.